The first kappa shape index (κ1) is 16.7. The molecule has 6 rings (SSSR count). The first-order chi connectivity index (χ1) is 11.7. The minimum Gasteiger partial charge on any atom is -0.390 e. The van der Waals surface area contributed by atoms with Crippen LogP contribution in [0.4, 0.5) is 0 Å². The summed E-state index contributed by atoms with van der Waals surface area (Å²) in [6.45, 7) is 6.26. The Morgan fingerprint density at radius 1 is 1.04 bits per heavy atom. The lowest BCUT2D eigenvalue weighted by Crippen LogP contribution is -2.78. The fourth-order valence-electron chi connectivity index (χ4n) is 8.57. The highest BCUT2D eigenvalue weighted by Crippen LogP contribution is 2.74. The predicted octanol–water partition coefficient (Wildman–Crippen LogP) is 3.05. The largest absolute Gasteiger partial charge is 0.390 e. The maximum Gasteiger partial charge on any atom is 0.166 e. The first-order valence-electron chi connectivity index (χ1n) is 10.3. The van der Waals surface area contributed by atoms with Crippen LogP contribution in [0.2, 0.25) is 0 Å². The van der Waals surface area contributed by atoms with Crippen LogP contribution in [0.25, 0.3) is 0 Å². The number of aliphatic hydroxyl groups is 2. The number of hydrogen-bond acceptors (Lipinski definition) is 4. The smallest absolute Gasteiger partial charge is 0.166 e. The van der Waals surface area contributed by atoms with Crippen LogP contribution in [-0.2, 0) is 9.53 Å². The summed E-state index contributed by atoms with van der Waals surface area (Å²) in [6, 6.07) is 0. The normalized spacial score (nSPS) is 62.4. The molecule has 2 heterocycles. The van der Waals surface area contributed by atoms with Crippen molar-refractivity contribution in [3.63, 3.8) is 0 Å². The van der Waals surface area contributed by atoms with Crippen molar-refractivity contribution in [3.05, 3.63) is 0 Å². The highest BCUT2D eigenvalue weighted by Gasteiger charge is 2.76. The van der Waals surface area contributed by atoms with Gasteiger partial charge in [0.2, 0.25) is 0 Å². The van der Waals surface area contributed by atoms with E-state index in [1.807, 2.05) is 0 Å². The van der Waals surface area contributed by atoms with Gasteiger partial charge in [0.25, 0.3) is 0 Å². The van der Waals surface area contributed by atoms with Crippen molar-refractivity contribution >= 4 is 5.78 Å². The lowest BCUT2D eigenvalue weighted by molar-refractivity contribution is -0.436. The Labute approximate surface area is 150 Å². The molecule has 2 aliphatic heterocycles. The Morgan fingerprint density at radius 2 is 1.76 bits per heavy atom. The Hall–Kier alpha value is -0.450. The van der Waals surface area contributed by atoms with E-state index in [9.17, 15) is 15.0 Å². The Kier molecular flexibility index (Phi) is 3.13. The molecule has 4 bridgehead atoms. The molecule has 6 aliphatic rings. The highest BCUT2D eigenvalue weighted by molar-refractivity contribution is 5.79. The Balaban J connectivity index is 1.63. The van der Waals surface area contributed by atoms with E-state index in [0.29, 0.717) is 24.7 Å². The molecule has 0 unspecified atom stereocenters. The second kappa shape index (κ2) is 4.69. The third-order valence-corrected chi connectivity index (χ3v) is 9.64. The van der Waals surface area contributed by atoms with Crippen molar-refractivity contribution in [1.29, 1.82) is 0 Å². The molecule has 4 heteroatoms. The third kappa shape index (κ3) is 1.73. The van der Waals surface area contributed by atoms with Crippen LogP contribution in [-0.4, -0.2) is 33.5 Å². The van der Waals surface area contributed by atoms with E-state index >= 15 is 0 Å². The van der Waals surface area contributed by atoms with Gasteiger partial charge in [0, 0.05) is 24.2 Å². The molecular weight excluding hydrogens is 316 g/mol. The lowest BCUT2D eigenvalue weighted by atomic mass is 9.39. The second-order valence-electron chi connectivity index (χ2n) is 10.4. The Bertz CT molecular complexity index is 633. The van der Waals surface area contributed by atoms with Gasteiger partial charge >= 0.3 is 0 Å². The van der Waals surface area contributed by atoms with Crippen molar-refractivity contribution < 1.29 is 19.7 Å². The van der Waals surface area contributed by atoms with Crippen LogP contribution in [0.5, 0.6) is 0 Å². The molecule has 9 atom stereocenters. The quantitative estimate of drug-likeness (QED) is 0.764. The van der Waals surface area contributed by atoms with E-state index in [2.05, 4.69) is 13.8 Å². The number of ether oxygens (including phenoxy) is 1. The molecule has 6 fully saturated rings. The molecule has 0 amide bonds. The summed E-state index contributed by atoms with van der Waals surface area (Å²) in [6.07, 6.45) is 6.61. The second-order valence-corrected chi connectivity index (χ2v) is 10.4. The molecule has 2 saturated heterocycles. The van der Waals surface area contributed by atoms with Crippen LogP contribution in [0, 0.1) is 34.5 Å². The molecule has 140 valence electrons. The van der Waals surface area contributed by atoms with Gasteiger partial charge in [0.1, 0.15) is 11.4 Å². The number of carbonyl (C=O) groups excluding carboxylic acids is 1. The van der Waals surface area contributed by atoms with E-state index in [1.54, 1.807) is 6.92 Å². The molecular formula is C21H32O4. The molecule has 0 aromatic rings. The summed E-state index contributed by atoms with van der Waals surface area (Å²) in [5, 5.41) is 22.5. The molecule has 1 spiro atoms. The zero-order valence-corrected chi connectivity index (χ0v) is 15.8. The molecule has 4 saturated carbocycles. The number of aliphatic hydroxyl groups excluding tert-OH is 1. The van der Waals surface area contributed by atoms with Crippen LogP contribution >= 0.6 is 0 Å². The lowest BCUT2D eigenvalue weighted by Gasteiger charge is -2.74. The summed E-state index contributed by atoms with van der Waals surface area (Å²) in [5.41, 5.74) is -0.778. The SMILES string of the molecule is CC(=O)[C@@H]1CC[C@H]2[C@@H]3CC[C@@H]4C[C@@]5(O)CC[C@]4(C)[C@@]3(O5)[C@@H](O)C[C@]12C. The van der Waals surface area contributed by atoms with Gasteiger partial charge in [0.15, 0.2) is 5.79 Å². The van der Waals surface area contributed by atoms with E-state index in [-0.39, 0.29) is 28.4 Å². The van der Waals surface area contributed by atoms with E-state index in [4.69, 9.17) is 4.74 Å². The number of carbonyl (C=O) groups is 1. The minimum atomic E-state index is -1.05. The van der Waals surface area contributed by atoms with Crippen molar-refractivity contribution in [3.8, 4) is 0 Å². The summed E-state index contributed by atoms with van der Waals surface area (Å²) in [7, 11) is 0. The molecule has 0 aromatic heterocycles. The van der Waals surface area contributed by atoms with Crippen molar-refractivity contribution in [1.82, 2.24) is 0 Å². The zero-order valence-electron chi connectivity index (χ0n) is 15.8. The van der Waals surface area contributed by atoms with Crippen molar-refractivity contribution in [2.45, 2.75) is 89.6 Å². The van der Waals surface area contributed by atoms with Gasteiger partial charge in [-0.15, -0.1) is 0 Å². The van der Waals surface area contributed by atoms with E-state index in [0.717, 1.165) is 38.5 Å². The van der Waals surface area contributed by atoms with Crippen LogP contribution < -0.4 is 0 Å². The highest BCUT2D eigenvalue weighted by atomic mass is 16.7. The Morgan fingerprint density at radius 3 is 2.48 bits per heavy atom. The molecule has 2 N–H and O–H groups in total. The maximum absolute atomic E-state index is 12.3. The summed E-state index contributed by atoms with van der Waals surface area (Å²) in [4.78, 5) is 12.3. The molecule has 0 radical (unpaired) electrons. The van der Waals surface area contributed by atoms with Crippen molar-refractivity contribution in [2.75, 3.05) is 0 Å². The molecule has 0 aromatic carbocycles. The van der Waals surface area contributed by atoms with Gasteiger partial charge in [0.05, 0.1) is 6.10 Å². The predicted molar refractivity (Wildman–Crippen MR) is 92.6 cm³/mol. The summed E-state index contributed by atoms with van der Waals surface area (Å²) >= 11 is 0. The topological polar surface area (TPSA) is 66.8 Å². The fourth-order valence-corrected chi connectivity index (χ4v) is 8.57. The number of fused-ring (bicyclic) bond motifs is 3. The van der Waals surface area contributed by atoms with Gasteiger partial charge in [-0.2, -0.15) is 0 Å². The van der Waals surface area contributed by atoms with Crippen LogP contribution in [0.3, 0.4) is 0 Å². The summed E-state index contributed by atoms with van der Waals surface area (Å²) in [5.74, 6) is 0.426. The summed E-state index contributed by atoms with van der Waals surface area (Å²) < 4.78 is 6.52. The standard InChI is InChI=1S/C21H32O4/c1-12(22)14-6-7-15-16-5-4-13-10-20(24)9-8-19(13,3)21(16,25-20)17(23)11-18(14,15)2/h13-17,23-24H,4-11H2,1-3H3/t13-,14+,15+,16+,17+,18-,19+,20-,21+/m1/s1. The van der Waals surface area contributed by atoms with Gasteiger partial charge in [-0.05, 0) is 68.6 Å². The zero-order chi connectivity index (χ0) is 17.8. The monoisotopic (exact) mass is 348 g/mol. The van der Waals surface area contributed by atoms with Crippen LogP contribution in [0.15, 0.2) is 0 Å². The number of rotatable bonds is 1. The van der Waals surface area contributed by atoms with Gasteiger partial charge in [-0.1, -0.05) is 13.8 Å². The first-order valence-corrected chi connectivity index (χ1v) is 10.3. The minimum absolute atomic E-state index is 0.0462. The molecule has 4 nitrogen and oxygen atoms in total. The number of ketones is 1. The van der Waals surface area contributed by atoms with Crippen LogP contribution in [0.1, 0.15) is 72.1 Å². The number of hydrogen-bond donors (Lipinski definition) is 2. The average Bonchev–Trinajstić information content (AvgIpc) is 2.85. The van der Waals surface area contributed by atoms with Crippen molar-refractivity contribution in [2.24, 2.45) is 34.5 Å². The molecule has 4 aliphatic carbocycles. The third-order valence-electron chi connectivity index (χ3n) is 9.64. The maximum atomic E-state index is 12.3. The van der Waals surface area contributed by atoms with Gasteiger partial charge in [-0.25, -0.2) is 0 Å². The van der Waals surface area contributed by atoms with Gasteiger partial charge < -0.3 is 14.9 Å². The number of Topliss-reactive ketones (excluding diaryl/α,β-unsaturated/α-hetero) is 1. The van der Waals surface area contributed by atoms with E-state index in [1.165, 1.54) is 0 Å². The van der Waals surface area contributed by atoms with E-state index < -0.39 is 17.5 Å². The molecule has 25 heavy (non-hydrogen) atoms. The average molecular weight is 348 g/mol. The fraction of sp³-hybridized carbons (Fsp3) is 0.952. The van der Waals surface area contributed by atoms with Gasteiger partial charge in [-0.3, -0.25) is 4.79 Å².